The fourth-order valence-electron chi connectivity index (χ4n) is 6.00. The van der Waals surface area contributed by atoms with Crippen LogP contribution in [0.1, 0.15) is 65.2 Å². The van der Waals surface area contributed by atoms with Crippen LogP contribution >= 0.6 is 0 Å². The van der Waals surface area contributed by atoms with Crippen molar-refractivity contribution < 1.29 is 14.7 Å². The Kier molecular flexibility index (Phi) is 3.26. The molecule has 0 spiro atoms. The van der Waals surface area contributed by atoms with Crippen LogP contribution in [0.25, 0.3) is 0 Å². The normalized spacial score (nSPS) is 42.7. The second-order valence-corrected chi connectivity index (χ2v) is 8.29. The molecule has 0 aromatic heterocycles. The highest BCUT2D eigenvalue weighted by Gasteiger charge is 2.62. The molecule has 0 heterocycles. The van der Waals surface area contributed by atoms with Gasteiger partial charge in [0.2, 0.25) is 0 Å². The Morgan fingerprint density at radius 3 is 2.78 bits per heavy atom. The first-order chi connectivity index (χ1) is 10.9. The summed E-state index contributed by atoms with van der Waals surface area (Å²) in [4.78, 5) is 23.9. The summed E-state index contributed by atoms with van der Waals surface area (Å²) in [6, 6.07) is 0. The average Bonchev–Trinajstić information content (AvgIpc) is 2.80. The van der Waals surface area contributed by atoms with E-state index in [0.717, 1.165) is 32.1 Å². The van der Waals surface area contributed by atoms with Crippen LogP contribution in [0, 0.1) is 17.3 Å². The van der Waals surface area contributed by atoms with Crippen molar-refractivity contribution in [1.29, 1.82) is 0 Å². The smallest absolute Gasteiger partial charge is 0.161 e. The summed E-state index contributed by atoms with van der Waals surface area (Å²) < 4.78 is 0. The van der Waals surface area contributed by atoms with Crippen LogP contribution in [0.2, 0.25) is 0 Å². The minimum Gasteiger partial charge on any atom is -0.381 e. The van der Waals surface area contributed by atoms with Gasteiger partial charge in [-0.25, -0.2) is 0 Å². The number of Topliss-reactive ketones (excluding diaryl/α,β-unsaturated/α-hetero) is 2. The Balaban J connectivity index is 1.74. The Morgan fingerprint density at radius 2 is 2.04 bits per heavy atom. The van der Waals surface area contributed by atoms with Crippen LogP contribution in [0.4, 0.5) is 0 Å². The molecular formula is C20H26O3. The summed E-state index contributed by atoms with van der Waals surface area (Å²) in [5, 5.41) is 11.0. The number of carbonyl (C=O) groups is 2. The molecule has 23 heavy (non-hydrogen) atoms. The number of rotatable bonds is 1. The summed E-state index contributed by atoms with van der Waals surface area (Å²) in [5.74, 6) is 1.17. The first-order valence-electron chi connectivity index (χ1n) is 9.03. The lowest BCUT2D eigenvalue weighted by molar-refractivity contribution is -0.150. The van der Waals surface area contributed by atoms with Gasteiger partial charge in [0.25, 0.3) is 0 Å². The maximum absolute atomic E-state index is 12.1. The molecule has 4 rings (SSSR count). The van der Waals surface area contributed by atoms with E-state index >= 15 is 0 Å². The van der Waals surface area contributed by atoms with Crippen molar-refractivity contribution in [3.05, 3.63) is 22.8 Å². The molecule has 3 heteroatoms. The van der Waals surface area contributed by atoms with Gasteiger partial charge in [-0.1, -0.05) is 18.6 Å². The van der Waals surface area contributed by atoms with Gasteiger partial charge in [-0.2, -0.15) is 0 Å². The molecule has 0 saturated heterocycles. The Labute approximate surface area is 137 Å². The highest BCUT2D eigenvalue weighted by atomic mass is 16.3. The molecule has 3 nitrogen and oxygen atoms in total. The second kappa shape index (κ2) is 4.89. The predicted molar refractivity (Wildman–Crippen MR) is 87.8 cm³/mol. The van der Waals surface area contributed by atoms with Gasteiger partial charge in [0.1, 0.15) is 11.4 Å². The van der Waals surface area contributed by atoms with Crippen LogP contribution in [-0.4, -0.2) is 22.3 Å². The highest BCUT2D eigenvalue weighted by molar-refractivity contribution is 5.86. The highest BCUT2D eigenvalue weighted by Crippen LogP contribution is 2.62. The lowest BCUT2D eigenvalue weighted by atomic mass is 9.56. The van der Waals surface area contributed by atoms with Crippen LogP contribution in [0.15, 0.2) is 22.8 Å². The lowest BCUT2D eigenvalue weighted by Gasteiger charge is -2.49. The van der Waals surface area contributed by atoms with Crippen LogP contribution in [0.5, 0.6) is 0 Å². The van der Waals surface area contributed by atoms with Crippen LogP contribution in [-0.2, 0) is 9.59 Å². The SMILES string of the molecule is CC(=O)[C@]1(O)CC[C@H]2[C@@H]3CCC4=C(CCC(=O)C4)C3=CC[C@@]21C. The van der Waals surface area contributed by atoms with E-state index < -0.39 is 5.60 Å². The number of hydrogen-bond acceptors (Lipinski definition) is 3. The molecule has 1 saturated carbocycles. The summed E-state index contributed by atoms with van der Waals surface area (Å²) in [6.45, 7) is 3.66. The van der Waals surface area contributed by atoms with E-state index in [1.165, 1.54) is 16.7 Å². The summed E-state index contributed by atoms with van der Waals surface area (Å²) >= 11 is 0. The minimum atomic E-state index is -1.16. The quantitative estimate of drug-likeness (QED) is 0.806. The van der Waals surface area contributed by atoms with Gasteiger partial charge in [0, 0.05) is 18.3 Å². The molecule has 0 amide bonds. The molecule has 1 fully saturated rings. The maximum Gasteiger partial charge on any atom is 0.161 e. The molecule has 1 N–H and O–H groups in total. The molecule has 0 aromatic carbocycles. The van der Waals surface area contributed by atoms with E-state index in [9.17, 15) is 14.7 Å². The van der Waals surface area contributed by atoms with E-state index in [4.69, 9.17) is 0 Å². The van der Waals surface area contributed by atoms with E-state index in [1.807, 2.05) is 0 Å². The van der Waals surface area contributed by atoms with Gasteiger partial charge >= 0.3 is 0 Å². The van der Waals surface area contributed by atoms with Crippen LogP contribution in [0.3, 0.4) is 0 Å². The number of allylic oxidation sites excluding steroid dienone is 4. The Morgan fingerprint density at radius 1 is 1.26 bits per heavy atom. The summed E-state index contributed by atoms with van der Waals surface area (Å²) in [6.07, 6.45) is 8.95. The molecule has 4 aliphatic rings. The van der Waals surface area contributed by atoms with Crippen molar-refractivity contribution >= 4 is 11.6 Å². The van der Waals surface area contributed by atoms with Crippen molar-refractivity contribution in [2.45, 2.75) is 70.8 Å². The van der Waals surface area contributed by atoms with Crippen molar-refractivity contribution in [3.8, 4) is 0 Å². The number of ketones is 2. The van der Waals surface area contributed by atoms with Crippen molar-refractivity contribution in [2.75, 3.05) is 0 Å². The molecule has 4 aliphatic carbocycles. The van der Waals surface area contributed by atoms with Gasteiger partial charge in [0.05, 0.1) is 0 Å². The molecule has 0 bridgehead atoms. The molecule has 0 aromatic rings. The van der Waals surface area contributed by atoms with Crippen molar-refractivity contribution in [2.24, 2.45) is 17.3 Å². The largest absolute Gasteiger partial charge is 0.381 e. The number of fused-ring (bicyclic) bond motifs is 4. The maximum atomic E-state index is 12.1. The van der Waals surface area contributed by atoms with Crippen molar-refractivity contribution in [3.63, 3.8) is 0 Å². The molecule has 4 atom stereocenters. The van der Waals surface area contributed by atoms with E-state index in [2.05, 4.69) is 13.0 Å². The predicted octanol–water partition coefficient (Wildman–Crippen LogP) is 3.51. The molecule has 124 valence electrons. The fourth-order valence-corrected chi connectivity index (χ4v) is 6.00. The summed E-state index contributed by atoms with van der Waals surface area (Å²) in [5.41, 5.74) is 2.79. The third kappa shape index (κ3) is 1.92. The average molecular weight is 314 g/mol. The molecule has 0 unspecified atom stereocenters. The monoisotopic (exact) mass is 314 g/mol. The molecule has 0 radical (unpaired) electrons. The zero-order valence-corrected chi connectivity index (χ0v) is 14.2. The van der Waals surface area contributed by atoms with E-state index in [1.54, 1.807) is 6.92 Å². The number of hydrogen-bond donors (Lipinski definition) is 1. The zero-order chi connectivity index (χ0) is 16.4. The second-order valence-electron chi connectivity index (χ2n) is 8.29. The third-order valence-corrected chi connectivity index (χ3v) is 7.39. The number of aliphatic hydroxyl groups is 1. The molecular weight excluding hydrogens is 288 g/mol. The standard InChI is InChI=1S/C20H26O3/c1-12(21)20(23)10-8-18-17-5-3-13-11-14(22)4-6-15(13)16(17)7-9-19(18,20)2/h7,17-18,23H,3-6,8-11H2,1-2H3/t17-,18+,19+,20-/m1/s1. The van der Waals surface area contributed by atoms with Crippen LogP contribution < -0.4 is 0 Å². The van der Waals surface area contributed by atoms with Gasteiger partial charge in [-0.15, -0.1) is 0 Å². The molecule has 0 aliphatic heterocycles. The Bertz CT molecular complexity index is 656. The number of carbonyl (C=O) groups excluding carboxylic acids is 2. The Hall–Kier alpha value is -1.22. The topological polar surface area (TPSA) is 54.4 Å². The summed E-state index contributed by atoms with van der Waals surface area (Å²) in [7, 11) is 0. The minimum absolute atomic E-state index is 0.0710. The third-order valence-electron chi connectivity index (χ3n) is 7.39. The van der Waals surface area contributed by atoms with Gasteiger partial charge in [0.15, 0.2) is 5.78 Å². The first kappa shape index (κ1) is 15.3. The van der Waals surface area contributed by atoms with Crippen molar-refractivity contribution in [1.82, 2.24) is 0 Å². The zero-order valence-electron chi connectivity index (χ0n) is 14.2. The van der Waals surface area contributed by atoms with E-state index in [-0.39, 0.29) is 11.2 Å². The van der Waals surface area contributed by atoms with Gasteiger partial charge in [-0.3, -0.25) is 9.59 Å². The first-order valence-corrected chi connectivity index (χ1v) is 9.03. The van der Waals surface area contributed by atoms with E-state index in [0.29, 0.717) is 36.9 Å². The fraction of sp³-hybridized carbons (Fsp3) is 0.700. The van der Waals surface area contributed by atoms with Gasteiger partial charge in [-0.05, 0) is 68.4 Å². The van der Waals surface area contributed by atoms with Gasteiger partial charge < -0.3 is 5.11 Å². The lowest BCUT2D eigenvalue weighted by Crippen LogP contribution is -2.52.